The minimum atomic E-state index is -0.100. The fourth-order valence-corrected chi connectivity index (χ4v) is 3.65. The van der Waals surface area contributed by atoms with Gasteiger partial charge in [0.05, 0.1) is 38.2 Å². The highest BCUT2D eigenvalue weighted by Crippen LogP contribution is 2.01. The number of imidazole rings is 3. The average molecular weight is 563 g/mol. The molecule has 3 amide bonds. The van der Waals surface area contributed by atoms with Crippen LogP contribution in [0.1, 0.15) is 24.0 Å². The molecule has 3 rings (SSSR count). The lowest BCUT2D eigenvalue weighted by atomic mass is 10.3. The van der Waals surface area contributed by atoms with E-state index in [9.17, 15) is 14.4 Å². The van der Waals surface area contributed by atoms with Crippen LogP contribution in [-0.2, 0) is 45.5 Å². The van der Waals surface area contributed by atoms with Gasteiger partial charge in [0.1, 0.15) is 0 Å². The van der Waals surface area contributed by atoms with Crippen molar-refractivity contribution in [2.75, 3.05) is 45.8 Å². The van der Waals surface area contributed by atoms with Crippen molar-refractivity contribution in [1.29, 1.82) is 0 Å². The quantitative estimate of drug-likeness (QED) is 0.150. The molecule has 0 aliphatic rings. The maximum Gasteiger partial charge on any atom is 0.228 e. The third-order valence-electron chi connectivity index (χ3n) is 5.63. The first-order valence-corrected chi connectivity index (χ1v) is 13.8. The molecule has 0 bridgehead atoms. The van der Waals surface area contributed by atoms with Crippen LogP contribution in [0.3, 0.4) is 0 Å². The Morgan fingerprint density at radius 1 is 0.763 bits per heavy atom. The molecule has 3 aromatic rings. The van der Waals surface area contributed by atoms with Crippen LogP contribution in [0.15, 0.2) is 37.6 Å². The molecule has 0 atom stereocenters. The molecule has 0 spiro atoms. The van der Waals surface area contributed by atoms with Crippen LogP contribution >= 0.6 is 8.02 Å². The van der Waals surface area contributed by atoms with Crippen LogP contribution in [0.4, 0.5) is 0 Å². The Morgan fingerprint density at radius 2 is 1.21 bits per heavy atom. The summed E-state index contributed by atoms with van der Waals surface area (Å²) in [7, 11) is 2.56. The number of rotatable bonds is 16. The summed E-state index contributed by atoms with van der Waals surface area (Å²) in [6.45, 7) is 5.73. The summed E-state index contributed by atoms with van der Waals surface area (Å²) in [4.78, 5) is 61.6. The first-order chi connectivity index (χ1) is 18.5. The van der Waals surface area contributed by atoms with Crippen LogP contribution in [0.2, 0.25) is 0 Å². The number of nitrogens with zero attached hydrogens (tertiary/aromatic N) is 5. The zero-order valence-corrected chi connectivity index (χ0v) is 23.2. The van der Waals surface area contributed by atoms with Gasteiger partial charge in [-0.05, 0) is 14.9 Å². The topological polar surface area (TPSA) is 168 Å². The van der Waals surface area contributed by atoms with Crippen LogP contribution in [-0.4, -0.2) is 103 Å². The van der Waals surface area contributed by atoms with Gasteiger partial charge >= 0.3 is 0 Å². The number of aromatic amines is 3. The fraction of sp³-hybridized carbons (Fsp3) is 0.478. The number of hydrogen-bond donors (Lipinski definition) is 5. The summed E-state index contributed by atoms with van der Waals surface area (Å²) >= 11 is 3.89. The molecule has 0 aliphatic heterocycles. The average Bonchev–Trinajstić information content (AvgIpc) is 3.70. The lowest BCUT2D eigenvalue weighted by Crippen LogP contribution is -2.44. The highest BCUT2D eigenvalue weighted by molar-refractivity contribution is 7.88. The van der Waals surface area contributed by atoms with Crippen molar-refractivity contribution in [3.05, 3.63) is 54.7 Å². The van der Waals surface area contributed by atoms with Crippen molar-refractivity contribution in [3.63, 3.8) is 0 Å². The van der Waals surface area contributed by atoms with Crippen LogP contribution < -0.4 is 10.6 Å². The van der Waals surface area contributed by atoms with Crippen molar-refractivity contribution in [2.45, 2.75) is 26.2 Å². The van der Waals surface area contributed by atoms with Crippen molar-refractivity contribution in [2.24, 2.45) is 0 Å². The molecule has 38 heavy (non-hydrogen) atoms. The molecule has 13 nitrogen and oxygen atoms in total. The van der Waals surface area contributed by atoms with E-state index in [0.29, 0.717) is 45.8 Å². The molecule has 3 heterocycles. The zero-order chi connectivity index (χ0) is 27.6. The second-order valence-corrected chi connectivity index (χ2v) is 8.28. The van der Waals surface area contributed by atoms with E-state index in [1.165, 1.54) is 12.7 Å². The van der Waals surface area contributed by atoms with Crippen molar-refractivity contribution in [3.8, 4) is 0 Å². The Kier molecular flexibility index (Phi) is 14.5. The van der Waals surface area contributed by atoms with Crippen molar-refractivity contribution in [1.82, 2.24) is 50.3 Å². The zero-order valence-electron chi connectivity index (χ0n) is 21.4. The predicted molar refractivity (Wildman–Crippen MR) is 147 cm³/mol. The Labute approximate surface area is 228 Å². The molecule has 0 saturated carbocycles. The fourth-order valence-electron chi connectivity index (χ4n) is 3.65. The van der Waals surface area contributed by atoms with Gasteiger partial charge in [0.25, 0.3) is 0 Å². The number of nitrogens with one attached hydrogen (secondary N) is 5. The summed E-state index contributed by atoms with van der Waals surface area (Å²) in [6.07, 6.45) is 10.3. The van der Waals surface area contributed by atoms with Crippen molar-refractivity contribution >= 4 is 37.5 Å². The molecule has 0 saturated heterocycles. The summed E-state index contributed by atoms with van der Waals surface area (Å²) in [5.41, 5.74) is 2.27. The third-order valence-corrected chi connectivity index (χ3v) is 5.63. The smallest absolute Gasteiger partial charge is 0.228 e. The normalized spacial score (nSPS) is 10.5. The summed E-state index contributed by atoms with van der Waals surface area (Å²) in [5.74, 6) is -0.184. The van der Waals surface area contributed by atoms with E-state index in [1.807, 2.05) is 6.92 Å². The predicted octanol–water partition coefficient (Wildman–Crippen LogP) is -0.142. The molecular weight excluding hydrogens is 527 g/mol. The van der Waals surface area contributed by atoms with Crippen LogP contribution in [0.25, 0.3) is 0 Å². The molecule has 0 aromatic carbocycles. The Morgan fingerprint density at radius 3 is 1.61 bits per heavy atom. The molecule has 3 aromatic heterocycles. The maximum atomic E-state index is 12.7. The van der Waals surface area contributed by atoms with E-state index in [0.717, 1.165) is 17.1 Å². The summed E-state index contributed by atoms with van der Waals surface area (Å²) < 4.78 is 0. The van der Waals surface area contributed by atoms with E-state index in [-0.39, 0.29) is 37.0 Å². The van der Waals surface area contributed by atoms with E-state index in [2.05, 4.69) is 65.3 Å². The number of hydrogen-bond acceptors (Lipinski definition) is 8. The second-order valence-electron chi connectivity index (χ2n) is 8.28. The molecular formula is C23H35N10O3PS. The minimum Gasteiger partial charge on any atom is -0.354 e. The maximum absolute atomic E-state index is 12.7. The van der Waals surface area contributed by atoms with Gasteiger partial charge in [0.2, 0.25) is 17.7 Å². The van der Waals surface area contributed by atoms with Gasteiger partial charge in [-0.15, -0.1) is 0 Å². The summed E-state index contributed by atoms with van der Waals surface area (Å²) in [5, 5.41) is 5.83. The monoisotopic (exact) mass is 562 g/mol. The molecule has 15 heteroatoms. The van der Waals surface area contributed by atoms with Crippen LogP contribution in [0, 0.1) is 0 Å². The minimum absolute atomic E-state index is 0.0161. The van der Waals surface area contributed by atoms with E-state index in [4.69, 9.17) is 0 Å². The number of amides is 3. The van der Waals surface area contributed by atoms with Crippen LogP contribution in [0.5, 0.6) is 0 Å². The van der Waals surface area contributed by atoms with Gasteiger partial charge in [-0.2, -0.15) is 0 Å². The first kappa shape index (κ1) is 30.7. The number of likely N-dealkylation sites (N-methyl/N-ethyl adjacent to an activating group) is 1. The molecule has 0 aliphatic carbocycles. The standard InChI is InChI=1S/C23H34N10O3.HPS/c1-2-33(23(36)11-20-14-26-17-31-20)8-7-32(5-3-27-21(34)9-18-12-24-15-29-18)6-4-28-22(35)10-19-13-25-16-30-19;1-2/h12-17H,2-11H2,1H3,(H,24,29)(H,25,30)(H,26,31)(H,27,34)(H,28,35);1H. The first-order valence-electron chi connectivity index (χ1n) is 12.2. The highest BCUT2D eigenvalue weighted by Gasteiger charge is 2.15. The lowest BCUT2D eigenvalue weighted by molar-refractivity contribution is -0.130. The van der Waals surface area contributed by atoms with Gasteiger partial charge in [-0.1, -0.05) is 11.8 Å². The largest absolute Gasteiger partial charge is 0.354 e. The van der Waals surface area contributed by atoms with E-state index in [1.54, 1.807) is 29.8 Å². The number of H-pyrrole nitrogens is 3. The molecule has 5 N–H and O–H groups in total. The van der Waals surface area contributed by atoms with Gasteiger partial charge in [-0.3, -0.25) is 19.3 Å². The molecule has 0 unspecified atom stereocenters. The highest BCUT2D eigenvalue weighted by atomic mass is 32.4. The van der Waals surface area contributed by atoms with Gasteiger partial charge < -0.3 is 30.5 Å². The number of aromatic nitrogens is 6. The Balaban J connectivity index is 0.00000247. The van der Waals surface area contributed by atoms with Crippen molar-refractivity contribution < 1.29 is 14.4 Å². The molecule has 206 valence electrons. The van der Waals surface area contributed by atoms with E-state index < -0.39 is 0 Å². The summed E-state index contributed by atoms with van der Waals surface area (Å²) in [6, 6.07) is 0. The third kappa shape index (κ3) is 11.7. The lowest BCUT2D eigenvalue weighted by Gasteiger charge is -2.27. The van der Waals surface area contributed by atoms with Gasteiger partial charge in [0, 0.05) is 81.5 Å². The Hall–Kier alpha value is -3.48. The SMILES string of the molecule is CCN(CCN(CCNC(=O)Cc1cnc[nH]1)CCNC(=O)Cc1cnc[nH]1)C(=O)Cc1cnc[nH]1.P=S. The van der Waals surface area contributed by atoms with E-state index >= 15 is 0 Å². The molecule has 0 fully saturated rings. The van der Waals surface area contributed by atoms with Gasteiger partial charge in [0.15, 0.2) is 0 Å². The number of carbonyl (C=O) groups is 3. The number of carbonyl (C=O) groups excluding carboxylic acids is 3. The second kappa shape index (κ2) is 17.9. The molecule has 0 radical (unpaired) electrons. The Bertz CT molecular complexity index is 1010. The van der Waals surface area contributed by atoms with Gasteiger partial charge in [-0.25, -0.2) is 15.0 Å².